The molecular formula is C24H32FN7O3. The Kier molecular flexibility index (Phi) is 8.54. The molecule has 188 valence electrons. The molecule has 0 atom stereocenters. The number of benzene rings is 1. The molecule has 2 aromatic rings. The Morgan fingerprint density at radius 3 is 2.46 bits per heavy atom. The molecule has 2 aliphatic rings. The number of hydrogen-bond donors (Lipinski definition) is 2. The number of rotatable bonds is 8. The van der Waals surface area contributed by atoms with E-state index in [1.807, 2.05) is 0 Å². The van der Waals surface area contributed by atoms with Gasteiger partial charge < -0.3 is 20.3 Å². The molecule has 11 heteroatoms. The van der Waals surface area contributed by atoms with Crippen LogP contribution in [0, 0.1) is 5.82 Å². The Morgan fingerprint density at radius 1 is 1.06 bits per heavy atom. The summed E-state index contributed by atoms with van der Waals surface area (Å²) >= 11 is 0. The molecular weight excluding hydrogens is 453 g/mol. The Morgan fingerprint density at radius 2 is 1.77 bits per heavy atom. The van der Waals surface area contributed by atoms with Gasteiger partial charge in [0, 0.05) is 44.8 Å². The molecule has 10 nitrogen and oxygen atoms in total. The number of aromatic nitrogens is 3. The van der Waals surface area contributed by atoms with Crippen molar-refractivity contribution in [2.24, 2.45) is 0 Å². The number of nitrogens with one attached hydrogen (secondary N) is 2. The van der Waals surface area contributed by atoms with E-state index in [4.69, 9.17) is 4.74 Å². The van der Waals surface area contributed by atoms with Crippen LogP contribution in [-0.4, -0.2) is 90.4 Å². The summed E-state index contributed by atoms with van der Waals surface area (Å²) in [6.07, 6.45) is 5.03. The van der Waals surface area contributed by atoms with E-state index in [9.17, 15) is 14.0 Å². The summed E-state index contributed by atoms with van der Waals surface area (Å²) in [6, 6.07) is 6.28. The normalized spacial score (nSPS) is 20.9. The van der Waals surface area contributed by atoms with Crippen molar-refractivity contribution in [3.8, 4) is 11.3 Å². The number of carbonyl (C=O) groups is 2. The number of ether oxygens (including phenoxy) is 1. The monoisotopic (exact) mass is 485 g/mol. The molecule has 35 heavy (non-hydrogen) atoms. The second-order valence-electron chi connectivity index (χ2n) is 8.94. The number of hydrogen-bond acceptors (Lipinski definition) is 8. The molecule has 2 N–H and O–H groups in total. The first-order valence-corrected chi connectivity index (χ1v) is 12.0. The molecule has 0 unspecified atom stereocenters. The number of amides is 2. The maximum absolute atomic E-state index is 13.2. The van der Waals surface area contributed by atoms with E-state index in [1.165, 1.54) is 12.1 Å². The van der Waals surface area contributed by atoms with Crippen LogP contribution in [0.25, 0.3) is 11.3 Å². The lowest BCUT2D eigenvalue weighted by molar-refractivity contribution is -0.128. The summed E-state index contributed by atoms with van der Waals surface area (Å²) in [7, 11) is 1.59. The molecule has 0 radical (unpaired) electrons. The van der Waals surface area contributed by atoms with Gasteiger partial charge in [0.1, 0.15) is 12.4 Å². The Hall–Kier alpha value is -3.18. The molecule has 0 bridgehead atoms. The zero-order valence-electron chi connectivity index (χ0n) is 20.0. The number of carbonyl (C=O) groups excluding carboxylic acids is 2. The van der Waals surface area contributed by atoms with Crippen molar-refractivity contribution >= 4 is 17.8 Å². The SMILES string of the molecule is CNC(=O)CO[C@H]1CC[C@H](NC(=O)CN2CCN(c3nncc(-c4ccc(F)cc4)n3)CC2)CC1. The van der Waals surface area contributed by atoms with Gasteiger partial charge in [0.05, 0.1) is 24.5 Å². The first kappa shape index (κ1) is 24.9. The average molecular weight is 486 g/mol. The number of piperazine rings is 1. The third-order valence-electron chi connectivity index (χ3n) is 6.48. The summed E-state index contributed by atoms with van der Waals surface area (Å²) < 4.78 is 18.8. The van der Waals surface area contributed by atoms with Crippen LogP contribution in [0.15, 0.2) is 30.5 Å². The lowest BCUT2D eigenvalue weighted by Gasteiger charge is -2.35. The maximum atomic E-state index is 13.2. The van der Waals surface area contributed by atoms with Crippen molar-refractivity contribution < 1.29 is 18.7 Å². The fraction of sp³-hybridized carbons (Fsp3) is 0.542. The van der Waals surface area contributed by atoms with Gasteiger partial charge in [-0.3, -0.25) is 14.5 Å². The third-order valence-corrected chi connectivity index (χ3v) is 6.48. The minimum Gasteiger partial charge on any atom is -0.368 e. The molecule has 4 rings (SSSR count). The standard InChI is InChI=1S/C24H32FN7O3/c1-26-23(34)16-35-20-8-6-19(7-9-20)28-22(33)15-31-10-12-32(13-11-31)24-29-21(14-27-30-24)17-2-4-18(25)5-3-17/h2-5,14,19-20H,6-13,15-16H2,1H3,(H,26,34)(H,28,33)/t19-,20-. The van der Waals surface area contributed by atoms with E-state index in [0.29, 0.717) is 31.3 Å². The largest absolute Gasteiger partial charge is 0.368 e. The van der Waals surface area contributed by atoms with E-state index in [0.717, 1.165) is 44.3 Å². The van der Waals surface area contributed by atoms with Crippen LogP contribution in [0.1, 0.15) is 25.7 Å². The molecule has 1 saturated carbocycles. The Labute approximate surface area is 204 Å². The highest BCUT2D eigenvalue weighted by molar-refractivity contribution is 5.78. The molecule has 1 aromatic heterocycles. The van der Waals surface area contributed by atoms with Crippen molar-refractivity contribution in [3.63, 3.8) is 0 Å². The van der Waals surface area contributed by atoms with Gasteiger partial charge in [-0.05, 0) is 49.9 Å². The van der Waals surface area contributed by atoms with E-state index < -0.39 is 0 Å². The topological polar surface area (TPSA) is 113 Å². The van der Waals surface area contributed by atoms with E-state index in [-0.39, 0.29) is 36.4 Å². The zero-order valence-corrected chi connectivity index (χ0v) is 20.0. The number of nitrogens with zero attached hydrogens (tertiary/aromatic N) is 5. The predicted molar refractivity (Wildman–Crippen MR) is 128 cm³/mol. The first-order chi connectivity index (χ1) is 17.0. The highest BCUT2D eigenvalue weighted by Gasteiger charge is 2.25. The molecule has 1 saturated heterocycles. The Bertz CT molecular complexity index is 991. The lowest BCUT2D eigenvalue weighted by atomic mass is 9.93. The van der Waals surface area contributed by atoms with Gasteiger partial charge in [0.25, 0.3) is 0 Å². The highest BCUT2D eigenvalue weighted by Crippen LogP contribution is 2.22. The second-order valence-corrected chi connectivity index (χ2v) is 8.94. The van der Waals surface area contributed by atoms with Crippen molar-refractivity contribution in [2.75, 3.05) is 51.3 Å². The van der Waals surface area contributed by atoms with Crippen LogP contribution < -0.4 is 15.5 Å². The van der Waals surface area contributed by atoms with Crippen LogP contribution in [0.3, 0.4) is 0 Å². The van der Waals surface area contributed by atoms with E-state index >= 15 is 0 Å². The number of halogens is 1. The maximum Gasteiger partial charge on any atom is 0.245 e. The van der Waals surface area contributed by atoms with Gasteiger partial charge in [-0.25, -0.2) is 9.37 Å². The summed E-state index contributed by atoms with van der Waals surface area (Å²) in [6.45, 7) is 3.26. The van der Waals surface area contributed by atoms with Crippen LogP contribution in [0.5, 0.6) is 0 Å². The highest BCUT2D eigenvalue weighted by atomic mass is 19.1. The predicted octanol–water partition coefficient (Wildman–Crippen LogP) is 0.990. The molecule has 0 spiro atoms. The minimum atomic E-state index is -0.296. The number of likely N-dealkylation sites (N-methyl/N-ethyl adjacent to an activating group) is 1. The van der Waals surface area contributed by atoms with Crippen molar-refractivity contribution in [3.05, 3.63) is 36.3 Å². The molecule has 1 aromatic carbocycles. The third kappa shape index (κ3) is 7.15. The van der Waals surface area contributed by atoms with Gasteiger partial charge in [-0.2, -0.15) is 5.10 Å². The van der Waals surface area contributed by atoms with Crippen LogP contribution >= 0.6 is 0 Å². The summed E-state index contributed by atoms with van der Waals surface area (Å²) in [4.78, 5) is 32.7. The molecule has 1 aliphatic heterocycles. The van der Waals surface area contributed by atoms with Crippen LogP contribution in [-0.2, 0) is 14.3 Å². The number of anilines is 1. The summed E-state index contributed by atoms with van der Waals surface area (Å²) in [5.41, 5.74) is 1.43. The van der Waals surface area contributed by atoms with Gasteiger partial charge in [-0.1, -0.05) is 0 Å². The van der Waals surface area contributed by atoms with Crippen molar-refractivity contribution in [2.45, 2.75) is 37.8 Å². The van der Waals surface area contributed by atoms with Crippen LogP contribution in [0.4, 0.5) is 10.3 Å². The fourth-order valence-corrected chi connectivity index (χ4v) is 4.41. The van der Waals surface area contributed by atoms with E-state index in [1.54, 1.807) is 25.4 Å². The van der Waals surface area contributed by atoms with Crippen LogP contribution in [0.2, 0.25) is 0 Å². The lowest BCUT2D eigenvalue weighted by Crippen LogP contribution is -2.51. The molecule has 2 heterocycles. The molecule has 2 amide bonds. The minimum absolute atomic E-state index is 0.0319. The Balaban J connectivity index is 1.19. The average Bonchev–Trinajstić information content (AvgIpc) is 2.89. The first-order valence-electron chi connectivity index (χ1n) is 12.0. The second kappa shape index (κ2) is 12.0. The quantitative estimate of drug-likeness (QED) is 0.569. The summed E-state index contributed by atoms with van der Waals surface area (Å²) in [5.74, 6) is 0.148. The van der Waals surface area contributed by atoms with Gasteiger partial charge in [0.15, 0.2) is 0 Å². The summed E-state index contributed by atoms with van der Waals surface area (Å²) in [5, 5.41) is 13.9. The van der Waals surface area contributed by atoms with Gasteiger partial charge >= 0.3 is 0 Å². The van der Waals surface area contributed by atoms with Gasteiger partial charge in [-0.15, -0.1) is 5.10 Å². The fourth-order valence-electron chi connectivity index (χ4n) is 4.41. The van der Waals surface area contributed by atoms with E-state index in [2.05, 4.69) is 35.6 Å². The molecule has 2 fully saturated rings. The smallest absolute Gasteiger partial charge is 0.245 e. The van der Waals surface area contributed by atoms with Crippen molar-refractivity contribution in [1.82, 2.24) is 30.7 Å². The van der Waals surface area contributed by atoms with Gasteiger partial charge in [0.2, 0.25) is 17.8 Å². The molecule has 1 aliphatic carbocycles. The zero-order chi connectivity index (χ0) is 24.6. The van der Waals surface area contributed by atoms with Crippen molar-refractivity contribution in [1.29, 1.82) is 0 Å².